The molecule has 1 saturated carbocycles. The molecule has 2 aromatic rings. The van der Waals surface area contributed by atoms with Gasteiger partial charge in [-0.15, -0.1) is 4.39 Å². The van der Waals surface area contributed by atoms with E-state index in [0.29, 0.717) is 5.56 Å². The summed E-state index contributed by atoms with van der Waals surface area (Å²) in [4.78, 5) is 0. The predicted octanol–water partition coefficient (Wildman–Crippen LogP) is 8.27. The Morgan fingerprint density at radius 3 is 2.00 bits per heavy atom. The Morgan fingerprint density at radius 2 is 1.39 bits per heavy atom. The van der Waals surface area contributed by atoms with Crippen LogP contribution in [0.5, 0.6) is 0 Å². The van der Waals surface area contributed by atoms with E-state index in [0.717, 1.165) is 17.4 Å². The largest absolute Gasteiger partial charge is 0.144 e. The van der Waals surface area contributed by atoms with Gasteiger partial charge in [-0.05, 0) is 72.3 Å². The minimum Gasteiger partial charge on any atom is -0.144 e. The quantitative estimate of drug-likeness (QED) is 0.321. The van der Waals surface area contributed by atoms with Crippen molar-refractivity contribution in [1.82, 2.24) is 0 Å². The minimum absolute atomic E-state index is 0.713. The standard InChI is InChI=1S/C27H33F/c1-2-3-4-5-6-7-22-8-12-24(13-9-22)26-16-18-27(19-17-26)25-14-10-23(11-15-25)20-21-28/h10-11,14-19,22,24H,2-9,12-13H2,1H3/t22-,24-. The number of hydrogen-bond donors (Lipinski definition) is 0. The number of unbranched alkanes of at least 4 members (excludes halogenated alkanes) is 4. The van der Waals surface area contributed by atoms with E-state index in [1.807, 2.05) is 24.3 Å². The molecule has 0 aromatic heterocycles. The van der Waals surface area contributed by atoms with Crippen LogP contribution in [-0.4, -0.2) is 0 Å². The predicted molar refractivity (Wildman–Crippen MR) is 118 cm³/mol. The Kier molecular flexibility index (Phi) is 8.16. The molecule has 0 aliphatic heterocycles. The van der Waals surface area contributed by atoms with Crippen LogP contribution in [0.25, 0.3) is 11.1 Å². The first-order valence-electron chi connectivity index (χ1n) is 11.1. The Balaban J connectivity index is 1.48. The van der Waals surface area contributed by atoms with Gasteiger partial charge in [-0.25, -0.2) is 0 Å². The van der Waals surface area contributed by atoms with E-state index in [2.05, 4.69) is 37.1 Å². The average molecular weight is 377 g/mol. The number of hydrogen-bond acceptors (Lipinski definition) is 0. The molecule has 0 bridgehead atoms. The van der Waals surface area contributed by atoms with Gasteiger partial charge in [0.2, 0.25) is 0 Å². The van der Waals surface area contributed by atoms with Gasteiger partial charge < -0.3 is 0 Å². The van der Waals surface area contributed by atoms with E-state index in [1.165, 1.54) is 81.5 Å². The highest BCUT2D eigenvalue weighted by Gasteiger charge is 2.22. The highest BCUT2D eigenvalue weighted by molar-refractivity contribution is 5.64. The van der Waals surface area contributed by atoms with Gasteiger partial charge in [0.25, 0.3) is 0 Å². The Hall–Kier alpha value is -2.07. The average Bonchev–Trinajstić information content (AvgIpc) is 2.75. The van der Waals surface area contributed by atoms with Crippen LogP contribution in [0.4, 0.5) is 4.39 Å². The molecular formula is C27H33F. The first-order chi connectivity index (χ1) is 13.8. The maximum atomic E-state index is 12.1. The van der Waals surface area contributed by atoms with E-state index < -0.39 is 0 Å². The lowest BCUT2D eigenvalue weighted by molar-refractivity contribution is 0.302. The van der Waals surface area contributed by atoms with Crippen molar-refractivity contribution in [3.63, 3.8) is 0 Å². The van der Waals surface area contributed by atoms with Crippen LogP contribution in [-0.2, 0) is 0 Å². The molecule has 1 aliphatic rings. The molecule has 0 spiro atoms. The lowest BCUT2D eigenvalue weighted by Crippen LogP contribution is -2.13. The van der Waals surface area contributed by atoms with Crippen molar-refractivity contribution in [2.75, 3.05) is 0 Å². The zero-order valence-corrected chi connectivity index (χ0v) is 17.2. The first kappa shape index (κ1) is 20.7. The van der Waals surface area contributed by atoms with E-state index in [1.54, 1.807) is 0 Å². The molecule has 28 heavy (non-hydrogen) atoms. The van der Waals surface area contributed by atoms with Crippen LogP contribution >= 0.6 is 0 Å². The Bertz CT molecular complexity index is 753. The molecule has 3 rings (SSSR count). The highest BCUT2D eigenvalue weighted by atomic mass is 19.1. The van der Waals surface area contributed by atoms with Gasteiger partial charge in [-0.1, -0.05) is 81.8 Å². The molecule has 1 heteroatoms. The lowest BCUT2D eigenvalue weighted by atomic mass is 9.77. The van der Waals surface area contributed by atoms with Crippen LogP contribution in [0.15, 0.2) is 48.5 Å². The Labute approximate surface area is 170 Å². The fourth-order valence-corrected chi connectivity index (χ4v) is 4.57. The van der Waals surface area contributed by atoms with Crippen LogP contribution in [0.1, 0.15) is 88.2 Å². The summed E-state index contributed by atoms with van der Waals surface area (Å²) in [5.74, 6) is 4.14. The van der Waals surface area contributed by atoms with Crippen molar-refractivity contribution in [3.05, 3.63) is 59.7 Å². The van der Waals surface area contributed by atoms with Crippen LogP contribution in [0.3, 0.4) is 0 Å². The summed E-state index contributed by atoms with van der Waals surface area (Å²) in [6.45, 7) is 2.29. The highest BCUT2D eigenvalue weighted by Crippen LogP contribution is 2.38. The summed E-state index contributed by atoms with van der Waals surface area (Å²) in [6.07, 6.45) is 15.4. The molecule has 1 aliphatic carbocycles. The molecule has 0 amide bonds. The first-order valence-corrected chi connectivity index (χ1v) is 11.1. The fraction of sp³-hybridized carbons (Fsp3) is 0.481. The van der Waals surface area contributed by atoms with E-state index in [4.69, 9.17) is 0 Å². The maximum Gasteiger partial charge on any atom is 0.111 e. The van der Waals surface area contributed by atoms with Gasteiger partial charge in [-0.3, -0.25) is 0 Å². The van der Waals surface area contributed by atoms with Gasteiger partial charge in [0.1, 0.15) is 6.17 Å². The summed E-state index contributed by atoms with van der Waals surface area (Å²) in [5.41, 5.74) is 4.57. The molecule has 0 N–H and O–H groups in total. The van der Waals surface area contributed by atoms with Crippen molar-refractivity contribution in [2.24, 2.45) is 5.92 Å². The van der Waals surface area contributed by atoms with Gasteiger partial charge in [0.05, 0.1) is 0 Å². The zero-order valence-electron chi connectivity index (χ0n) is 17.2. The summed E-state index contributed by atoms with van der Waals surface area (Å²) >= 11 is 0. The molecule has 0 saturated heterocycles. The van der Waals surface area contributed by atoms with E-state index in [9.17, 15) is 4.39 Å². The normalized spacial score (nSPS) is 19.1. The smallest absolute Gasteiger partial charge is 0.111 e. The molecular weight excluding hydrogens is 343 g/mol. The number of benzene rings is 2. The zero-order chi connectivity index (χ0) is 19.6. The summed E-state index contributed by atoms with van der Waals surface area (Å²) in [5, 5.41) is 0. The van der Waals surface area contributed by atoms with Gasteiger partial charge in [-0.2, -0.15) is 0 Å². The molecule has 0 radical (unpaired) electrons. The van der Waals surface area contributed by atoms with Gasteiger partial charge in [0.15, 0.2) is 0 Å². The van der Waals surface area contributed by atoms with Gasteiger partial charge in [0, 0.05) is 5.56 Å². The third-order valence-corrected chi connectivity index (χ3v) is 6.35. The van der Waals surface area contributed by atoms with Crippen molar-refractivity contribution in [3.8, 4) is 23.2 Å². The fourth-order valence-electron chi connectivity index (χ4n) is 4.57. The number of rotatable bonds is 8. The minimum atomic E-state index is 0.713. The molecule has 1 fully saturated rings. The van der Waals surface area contributed by atoms with E-state index in [-0.39, 0.29) is 0 Å². The Morgan fingerprint density at radius 1 is 0.786 bits per heavy atom. The maximum absolute atomic E-state index is 12.1. The SMILES string of the molecule is CCCCCCC[C@H]1CC[C@H](c2ccc(-c3ccc(C#CF)cc3)cc2)CC1. The van der Waals surface area contributed by atoms with Gasteiger partial charge >= 0.3 is 0 Å². The summed E-state index contributed by atoms with van der Waals surface area (Å²) in [6, 6.07) is 16.8. The monoisotopic (exact) mass is 376 g/mol. The summed E-state index contributed by atoms with van der Waals surface area (Å²) < 4.78 is 12.1. The van der Waals surface area contributed by atoms with Crippen molar-refractivity contribution in [1.29, 1.82) is 0 Å². The molecule has 0 heterocycles. The molecule has 0 nitrogen and oxygen atoms in total. The third-order valence-electron chi connectivity index (χ3n) is 6.35. The topological polar surface area (TPSA) is 0 Å². The van der Waals surface area contributed by atoms with Crippen molar-refractivity contribution >= 4 is 0 Å². The second-order valence-corrected chi connectivity index (χ2v) is 8.34. The lowest BCUT2D eigenvalue weighted by Gasteiger charge is -2.29. The van der Waals surface area contributed by atoms with Crippen LogP contribution in [0.2, 0.25) is 0 Å². The van der Waals surface area contributed by atoms with E-state index >= 15 is 0 Å². The van der Waals surface area contributed by atoms with Crippen LogP contribution < -0.4 is 0 Å². The van der Waals surface area contributed by atoms with Crippen molar-refractivity contribution < 1.29 is 4.39 Å². The second-order valence-electron chi connectivity index (χ2n) is 8.34. The van der Waals surface area contributed by atoms with Crippen molar-refractivity contribution in [2.45, 2.75) is 77.0 Å². The van der Waals surface area contributed by atoms with Crippen LogP contribution in [0, 0.1) is 18.0 Å². The number of halogens is 1. The molecule has 2 aromatic carbocycles. The summed E-state index contributed by atoms with van der Waals surface area (Å²) in [7, 11) is 0. The molecule has 0 unspecified atom stereocenters. The second kappa shape index (κ2) is 11.1. The molecule has 148 valence electrons. The molecule has 0 atom stereocenters. The third kappa shape index (κ3) is 5.96.